The van der Waals surface area contributed by atoms with E-state index in [4.69, 9.17) is 5.11 Å². The van der Waals surface area contributed by atoms with Gasteiger partial charge in [-0.25, -0.2) is 4.79 Å². The highest BCUT2D eigenvalue weighted by Gasteiger charge is 2.17. The van der Waals surface area contributed by atoms with Crippen LogP contribution >= 0.6 is 11.8 Å². The van der Waals surface area contributed by atoms with Crippen LogP contribution in [-0.4, -0.2) is 47.0 Å². The Morgan fingerprint density at radius 3 is 2.53 bits per heavy atom. The molecular formula is C12H22N2O4S. The van der Waals surface area contributed by atoms with E-state index in [1.165, 1.54) is 18.7 Å². The summed E-state index contributed by atoms with van der Waals surface area (Å²) >= 11 is 1.37. The smallest absolute Gasteiger partial charge is 0.326 e. The van der Waals surface area contributed by atoms with Crippen LogP contribution in [0.25, 0.3) is 0 Å². The molecule has 1 unspecified atom stereocenters. The van der Waals surface area contributed by atoms with Crippen molar-refractivity contribution in [1.82, 2.24) is 10.6 Å². The van der Waals surface area contributed by atoms with Crippen molar-refractivity contribution in [1.29, 1.82) is 0 Å². The number of thioether (sulfide) groups is 1. The zero-order valence-electron chi connectivity index (χ0n) is 11.4. The van der Waals surface area contributed by atoms with Crippen LogP contribution in [0.2, 0.25) is 0 Å². The van der Waals surface area contributed by atoms with Crippen LogP contribution in [0.15, 0.2) is 0 Å². The molecule has 0 saturated carbocycles. The molecule has 0 bridgehead atoms. The number of carbonyl (C=O) groups is 3. The Kier molecular flexibility index (Phi) is 9.97. The minimum absolute atomic E-state index is 0.0372. The molecule has 19 heavy (non-hydrogen) atoms. The van der Waals surface area contributed by atoms with Gasteiger partial charge in [0.2, 0.25) is 11.8 Å². The second-order valence-electron chi connectivity index (χ2n) is 4.14. The summed E-state index contributed by atoms with van der Waals surface area (Å²) in [5.74, 6) is -0.628. The van der Waals surface area contributed by atoms with Gasteiger partial charge in [0.25, 0.3) is 0 Å². The van der Waals surface area contributed by atoms with E-state index in [0.717, 1.165) is 12.8 Å². The first-order valence-electron chi connectivity index (χ1n) is 6.31. The molecule has 0 radical (unpaired) electrons. The first-order valence-corrected chi connectivity index (χ1v) is 7.47. The van der Waals surface area contributed by atoms with Crippen molar-refractivity contribution in [3.05, 3.63) is 0 Å². The maximum Gasteiger partial charge on any atom is 0.326 e. The molecular weight excluding hydrogens is 268 g/mol. The molecule has 0 fully saturated rings. The minimum Gasteiger partial charge on any atom is -0.480 e. The number of carbonyl (C=O) groups excluding carboxylic acids is 2. The number of nitrogens with one attached hydrogen (secondary N) is 2. The van der Waals surface area contributed by atoms with Gasteiger partial charge in [0.15, 0.2) is 0 Å². The molecule has 0 saturated heterocycles. The Morgan fingerprint density at radius 1 is 1.32 bits per heavy atom. The van der Waals surface area contributed by atoms with Crippen LogP contribution in [0.5, 0.6) is 0 Å². The van der Waals surface area contributed by atoms with Crippen molar-refractivity contribution >= 4 is 29.5 Å². The number of aliphatic carboxylic acids is 1. The zero-order valence-corrected chi connectivity index (χ0v) is 12.2. The monoisotopic (exact) mass is 290 g/mol. The third-order valence-electron chi connectivity index (χ3n) is 2.31. The summed E-state index contributed by atoms with van der Waals surface area (Å²) in [6.07, 6.45) is 2.30. The van der Waals surface area contributed by atoms with E-state index in [1.54, 1.807) is 0 Å². The average molecular weight is 290 g/mol. The fraction of sp³-hybridized carbons (Fsp3) is 0.750. The molecule has 0 aliphatic rings. The lowest BCUT2D eigenvalue weighted by Crippen LogP contribution is -2.40. The Bertz CT molecular complexity index is 310. The molecule has 1 atom stereocenters. The molecule has 0 heterocycles. The zero-order chi connectivity index (χ0) is 14.7. The van der Waals surface area contributed by atoms with Crippen LogP contribution in [0.4, 0.5) is 0 Å². The topological polar surface area (TPSA) is 95.5 Å². The number of hydrogen-bond donors (Lipinski definition) is 3. The summed E-state index contributed by atoms with van der Waals surface area (Å²) in [6, 6.07) is -0.881. The predicted octanol–water partition coefficient (Wildman–Crippen LogP) is 0.615. The summed E-state index contributed by atoms with van der Waals surface area (Å²) in [7, 11) is 0. The third-order valence-corrected chi connectivity index (χ3v) is 3.30. The Hall–Kier alpha value is -1.24. The maximum atomic E-state index is 11.4. The Morgan fingerprint density at radius 2 is 2.00 bits per heavy atom. The first kappa shape index (κ1) is 17.8. The lowest BCUT2D eigenvalue weighted by atomic mass is 10.2. The normalized spacial score (nSPS) is 11.7. The van der Waals surface area contributed by atoms with Crippen molar-refractivity contribution in [2.24, 2.45) is 0 Å². The predicted molar refractivity (Wildman–Crippen MR) is 75.1 cm³/mol. The first-order chi connectivity index (χ1) is 8.97. The van der Waals surface area contributed by atoms with Crippen LogP contribution in [0, 0.1) is 0 Å². The van der Waals surface area contributed by atoms with Crippen LogP contribution in [-0.2, 0) is 14.4 Å². The Labute approximate surface area is 117 Å². The lowest BCUT2D eigenvalue weighted by Gasteiger charge is -2.12. The molecule has 3 N–H and O–H groups in total. The lowest BCUT2D eigenvalue weighted by molar-refractivity contribution is -0.141. The van der Waals surface area contributed by atoms with Gasteiger partial charge in [-0.3, -0.25) is 9.59 Å². The standard InChI is InChI=1S/C12H22N2O4S/c1-3-4-6-13-11(16)8-19-7-5-10(12(17)18)14-9(2)15/h10H,3-8H2,1-2H3,(H,13,16)(H,14,15)(H,17,18). The van der Waals surface area contributed by atoms with Gasteiger partial charge in [0.05, 0.1) is 5.75 Å². The van der Waals surface area contributed by atoms with Gasteiger partial charge in [-0.1, -0.05) is 13.3 Å². The highest BCUT2D eigenvalue weighted by Crippen LogP contribution is 2.05. The molecule has 2 amide bonds. The molecule has 6 nitrogen and oxygen atoms in total. The van der Waals surface area contributed by atoms with Crippen molar-refractivity contribution in [2.75, 3.05) is 18.1 Å². The van der Waals surface area contributed by atoms with Crippen LogP contribution in [0.3, 0.4) is 0 Å². The number of unbranched alkanes of at least 4 members (excludes halogenated alkanes) is 1. The van der Waals surface area contributed by atoms with Crippen LogP contribution < -0.4 is 10.6 Å². The number of carboxylic acids is 1. The highest BCUT2D eigenvalue weighted by molar-refractivity contribution is 7.99. The molecule has 0 aromatic carbocycles. The largest absolute Gasteiger partial charge is 0.480 e. The molecule has 0 aromatic heterocycles. The number of hydrogen-bond acceptors (Lipinski definition) is 4. The van der Waals surface area contributed by atoms with E-state index < -0.39 is 12.0 Å². The molecule has 0 aliphatic heterocycles. The van der Waals surface area contributed by atoms with Gasteiger partial charge >= 0.3 is 5.97 Å². The summed E-state index contributed by atoms with van der Waals surface area (Å²) in [5, 5.41) is 14.0. The van der Waals surface area contributed by atoms with Gasteiger partial charge < -0.3 is 15.7 Å². The molecule has 0 aromatic rings. The van der Waals surface area contributed by atoms with Crippen molar-refractivity contribution < 1.29 is 19.5 Å². The summed E-state index contributed by atoms with van der Waals surface area (Å²) < 4.78 is 0. The summed E-state index contributed by atoms with van der Waals surface area (Å²) in [5.41, 5.74) is 0. The van der Waals surface area contributed by atoms with Gasteiger partial charge in [-0.2, -0.15) is 11.8 Å². The fourth-order valence-corrected chi connectivity index (χ4v) is 2.16. The molecule has 0 spiro atoms. The second kappa shape index (κ2) is 10.7. The number of amides is 2. The second-order valence-corrected chi connectivity index (χ2v) is 5.24. The molecule has 0 rings (SSSR count). The van der Waals surface area contributed by atoms with Gasteiger partial charge in [0.1, 0.15) is 6.04 Å². The summed E-state index contributed by atoms with van der Waals surface area (Å²) in [6.45, 7) is 4.01. The van der Waals surface area contributed by atoms with E-state index in [9.17, 15) is 14.4 Å². The van der Waals surface area contributed by atoms with Crippen molar-refractivity contribution in [3.63, 3.8) is 0 Å². The molecule has 110 valence electrons. The SMILES string of the molecule is CCCCNC(=O)CSCCC(NC(C)=O)C(=O)O. The van der Waals surface area contributed by atoms with E-state index in [2.05, 4.69) is 17.6 Å². The summed E-state index contributed by atoms with van der Waals surface area (Å²) in [4.78, 5) is 33.0. The number of rotatable bonds is 10. The van der Waals surface area contributed by atoms with Crippen LogP contribution in [0.1, 0.15) is 33.1 Å². The van der Waals surface area contributed by atoms with Gasteiger partial charge in [-0.05, 0) is 18.6 Å². The van der Waals surface area contributed by atoms with Crippen molar-refractivity contribution in [2.45, 2.75) is 39.2 Å². The number of carboxylic acid groups (broad SMARTS) is 1. The fourth-order valence-electron chi connectivity index (χ4n) is 1.32. The van der Waals surface area contributed by atoms with Gasteiger partial charge in [-0.15, -0.1) is 0 Å². The van der Waals surface area contributed by atoms with Gasteiger partial charge in [0, 0.05) is 13.5 Å². The average Bonchev–Trinajstić information content (AvgIpc) is 2.32. The minimum atomic E-state index is -1.05. The van der Waals surface area contributed by atoms with E-state index in [-0.39, 0.29) is 11.8 Å². The Balaban J connectivity index is 3.73. The maximum absolute atomic E-state index is 11.4. The molecule has 0 aliphatic carbocycles. The van der Waals surface area contributed by atoms with E-state index in [0.29, 0.717) is 24.5 Å². The molecule has 7 heteroatoms. The quantitative estimate of drug-likeness (QED) is 0.513. The highest BCUT2D eigenvalue weighted by atomic mass is 32.2. The van der Waals surface area contributed by atoms with Crippen molar-refractivity contribution in [3.8, 4) is 0 Å². The van der Waals surface area contributed by atoms with E-state index >= 15 is 0 Å². The van der Waals surface area contributed by atoms with E-state index in [1.807, 2.05) is 0 Å². The third kappa shape index (κ3) is 10.4.